The van der Waals surface area contributed by atoms with E-state index in [2.05, 4.69) is 4.72 Å². The second kappa shape index (κ2) is 6.58. The molecular formula is C15H20N2O4S. The third-order valence-corrected chi connectivity index (χ3v) is 5.37. The molecule has 1 heterocycles. The van der Waals surface area contributed by atoms with Gasteiger partial charge in [0.05, 0.1) is 4.90 Å². The standard InChI is InChI=1S/C15H20N2O4S/c1-11(18)13-3-5-15(6-4-13)22(20,21)16-14-7-9-17(10-8-14)12(2)19/h3-6,14,16H,7-10H2,1-2H3. The van der Waals surface area contributed by atoms with Crippen LogP contribution in [0.3, 0.4) is 0 Å². The smallest absolute Gasteiger partial charge is 0.240 e. The first kappa shape index (κ1) is 16.6. The van der Waals surface area contributed by atoms with Gasteiger partial charge < -0.3 is 4.90 Å². The molecule has 7 heteroatoms. The summed E-state index contributed by atoms with van der Waals surface area (Å²) in [6, 6.07) is 5.71. The summed E-state index contributed by atoms with van der Waals surface area (Å²) in [4.78, 5) is 24.3. The molecule has 0 aliphatic carbocycles. The lowest BCUT2D eigenvalue weighted by molar-refractivity contribution is -0.129. The molecule has 0 saturated carbocycles. The Balaban J connectivity index is 2.02. The van der Waals surface area contributed by atoms with Crippen molar-refractivity contribution in [2.75, 3.05) is 13.1 Å². The van der Waals surface area contributed by atoms with Gasteiger partial charge in [-0.25, -0.2) is 13.1 Å². The van der Waals surface area contributed by atoms with Gasteiger partial charge in [-0.2, -0.15) is 0 Å². The van der Waals surface area contributed by atoms with Gasteiger partial charge in [-0.1, -0.05) is 12.1 Å². The molecule has 1 aliphatic heterocycles. The number of likely N-dealkylation sites (tertiary alicyclic amines) is 1. The molecule has 1 amide bonds. The molecule has 1 aromatic carbocycles. The molecule has 2 rings (SSSR count). The Hall–Kier alpha value is -1.73. The zero-order valence-electron chi connectivity index (χ0n) is 12.7. The van der Waals surface area contributed by atoms with E-state index in [0.29, 0.717) is 31.5 Å². The Bertz CT molecular complexity index is 659. The van der Waals surface area contributed by atoms with Crippen molar-refractivity contribution in [1.82, 2.24) is 9.62 Å². The van der Waals surface area contributed by atoms with Gasteiger partial charge in [0.2, 0.25) is 15.9 Å². The predicted octanol–water partition coefficient (Wildman–Crippen LogP) is 1.18. The largest absolute Gasteiger partial charge is 0.343 e. The lowest BCUT2D eigenvalue weighted by Gasteiger charge is -2.31. The van der Waals surface area contributed by atoms with Gasteiger partial charge in [0.1, 0.15) is 0 Å². The van der Waals surface area contributed by atoms with E-state index in [1.807, 2.05) is 0 Å². The number of benzene rings is 1. The number of Topliss-reactive ketones (excluding diaryl/α,β-unsaturated/α-hetero) is 1. The summed E-state index contributed by atoms with van der Waals surface area (Å²) in [5.41, 5.74) is 0.480. The van der Waals surface area contributed by atoms with Crippen molar-refractivity contribution in [2.24, 2.45) is 0 Å². The number of sulfonamides is 1. The van der Waals surface area contributed by atoms with Crippen molar-refractivity contribution in [1.29, 1.82) is 0 Å². The van der Waals surface area contributed by atoms with Crippen LogP contribution in [-0.4, -0.2) is 44.1 Å². The van der Waals surface area contributed by atoms with E-state index in [-0.39, 0.29) is 22.6 Å². The third-order valence-electron chi connectivity index (χ3n) is 3.83. The first-order chi connectivity index (χ1) is 10.3. The average Bonchev–Trinajstić information content (AvgIpc) is 2.47. The lowest BCUT2D eigenvalue weighted by Crippen LogP contribution is -2.45. The number of carbonyl (C=O) groups excluding carboxylic acids is 2. The highest BCUT2D eigenvalue weighted by molar-refractivity contribution is 7.89. The molecule has 1 aliphatic rings. The second-order valence-corrected chi connectivity index (χ2v) is 7.20. The van der Waals surface area contributed by atoms with E-state index in [1.165, 1.54) is 38.1 Å². The van der Waals surface area contributed by atoms with Crippen LogP contribution in [0.15, 0.2) is 29.2 Å². The molecule has 1 saturated heterocycles. The maximum absolute atomic E-state index is 12.3. The van der Waals surface area contributed by atoms with Crippen molar-refractivity contribution in [3.05, 3.63) is 29.8 Å². The molecule has 0 bridgehead atoms. The van der Waals surface area contributed by atoms with Gasteiger partial charge in [0.15, 0.2) is 5.78 Å². The first-order valence-corrected chi connectivity index (χ1v) is 8.67. The molecule has 0 spiro atoms. The Labute approximate surface area is 130 Å². The Morgan fingerprint density at radius 1 is 1.09 bits per heavy atom. The van der Waals surface area contributed by atoms with Crippen LogP contribution < -0.4 is 4.72 Å². The Kier molecular flexibility index (Phi) is 4.97. The van der Waals surface area contributed by atoms with Crippen molar-refractivity contribution in [3.63, 3.8) is 0 Å². The van der Waals surface area contributed by atoms with Crippen molar-refractivity contribution in [3.8, 4) is 0 Å². The number of nitrogens with one attached hydrogen (secondary N) is 1. The molecule has 0 atom stereocenters. The molecule has 120 valence electrons. The van der Waals surface area contributed by atoms with E-state index < -0.39 is 10.0 Å². The van der Waals surface area contributed by atoms with E-state index in [9.17, 15) is 18.0 Å². The molecule has 1 N–H and O–H groups in total. The van der Waals surface area contributed by atoms with Crippen LogP contribution in [0.2, 0.25) is 0 Å². The average molecular weight is 324 g/mol. The number of amides is 1. The number of piperidine rings is 1. The van der Waals surface area contributed by atoms with Crippen molar-refractivity contribution < 1.29 is 18.0 Å². The molecule has 1 aromatic rings. The number of hydrogen-bond donors (Lipinski definition) is 1. The minimum absolute atomic E-state index is 0.0149. The molecule has 0 unspecified atom stereocenters. The molecule has 1 fully saturated rings. The molecular weight excluding hydrogens is 304 g/mol. The summed E-state index contributed by atoms with van der Waals surface area (Å²) in [6.45, 7) is 4.07. The zero-order chi connectivity index (χ0) is 16.3. The maximum Gasteiger partial charge on any atom is 0.240 e. The minimum Gasteiger partial charge on any atom is -0.343 e. The van der Waals surface area contributed by atoms with Crippen LogP contribution in [0.1, 0.15) is 37.0 Å². The van der Waals surface area contributed by atoms with Gasteiger partial charge in [-0.3, -0.25) is 9.59 Å². The molecule has 6 nitrogen and oxygen atoms in total. The molecule has 0 aromatic heterocycles. The van der Waals surface area contributed by atoms with Crippen LogP contribution in [0, 0.1) is 0 Å². The SMILES string of the molecule is CC(=O)c1ccc(S(=O)(=O)NC2CCN(C(C)=O)CC2)cc1. The van der Waals surface area contributed by atoms with Gasteiger partial charge in [0.25, 0.3) is 0 Å². The van der Waals surface area contributed by atoms with Crippen LogP contribution in [0.25, 0.3) is 0 Å². The summed E-state index contributed by atoms with van der Waals surface area (Å²) >= 11 is 0. The van der Waals surface area contributed by atoms with Crippen LogP contribution >= 0.6 is 0 Å². The van der Waals surface area contributed by atoms with E-state index in [4.69, 9.17) is 0 Å². The number of hydrogen-bond acceptors (Lipinski definition) is 4. The number of rotatable bonds is 4. The van der Waals surface area contributed by atoms with Gasteiger partial charge in [0, 0.05) is 31.6 Å². The van der Waals surface area contributed by atoms with E-state index in [1.54, 1.807) is 4.90 Å². The van der Waals surface area contributed by atoms with E-state index >= 15 is 0 Å². The summed E-state index contributed by atoms with van der Waals surface area (Å²) in [6.07, 6.45) is 1.20. The van der Waals surface area contributed by atoms with E-state index in [0.717, 1.165) is 0 Å². The number of carbonyl (C=O) groups is 2. The topological polar surface area (TPSA) is 83.6 Å². The summed E-state index contributed by atoms with van der Waals surface area (Å²) in [7, 11) is -3.60. The quantitative estimate of drug-likeness (QED) is 0.843. The van der Waals surface area contributed by atoms with Gasteiger partial charge in [-0.15, -0.1) is 0 Å². The molecule has 22 heavy (non-hydrogen) atoms. The molecule has 0 radical (unpaired) electrons. The highest BCUT2D eigenvalue weighted by Crippen LogP contribution is 2.16. The minimum atomic E-state index is -3.60. The fourth-order valence-electron chi connectivity index (χ4n) is 2.47. The van der Waals surface area contributed by atoms with Crippen molar-refractivity contribution in [2.45, 2.75) is 37.6 Å². The maximum atomic E-state index is 12.3. The van der Waals surface area contributed by atoms with Crippen LogP contribution in [-0.2, 0) is 14.8 Å². The van der Waals surface area contributed by atoms with Crippen LogP contribution in [0.5, 0.6) is 0 Å². The summed E-state index contributed by atoms with van der Waals surface area (Å²) in [5.74, 6) is -0.0883. The van der Waals surface area contributed by atoms with Gasteiger partial charge in [-0.05, 0) is 31.9 Å². The monoisotopic (exact) mass is 324 g/mol. The third kappa shape index (κ3) is 3.92. The predicted molar refractivity (Wildman–Crippen MR) is 82.0 cm³/mol. The number of nitrogens with zero attached hydrogens (tertiary/aromatic N) is 1. The summed E-state index contributed by atoms with van der Waals surface area (Å²) in [5, 5.41) is 0. The Morgan fingerprint density at radius 2 is 1.64 bits per heavy atom. The first-order valence-electron chi connectivity index (χ1n) is 7.18. The lowest BCUT2D eigenvalue weighted by atomic mass is 10.1. The normalized spacial score (nSPS) is 16.5. The summed E-state index contributed by atoms with van der Waals surface area (Å²) < 4.78 is 27.3. The Morgan fingerprint density at radius 3 is 2.09 bits per heavy atom. The van der Waals surface area contributed by atoms with Crippen LogP contribution in [0.4, 0.5) is 0 Å². The zero-order valence-corrected chi connectivity index (χ0v) is 13.5. The van der Waals surface area contributed by atoms with Crippen molar-refractivity contribution >= 4 is 21.7 Å². The highest BCUT2D eigenvalue weighted by Gasteiger charge is 2.25. The second-order valence-electron chi connectivity index (χ2n) is 5.48. The fraction of sp³-hybridized carbons (Fsp3) is 0.467. The highest BCUT2D eigenvalue weighted by atomic mass is 32.2. The van der Waals surface area contributed by atoms with Gasteiger partial charge >= 0.3 is 0 Å². The number of ketones is 1. The fourth-order valence-corrected chi connectivity index (χ4v) is 3.77.